The second-order valence-electron chi connectivity index (χ2n) is 2.91. The largest absolute Gasteiger partial charge is 0.296 e. The van der Waals surface area contributed by atoms with Crippen molar-refractivity contribution in [3.63, 3.8) is 0 Å². The van der Waals surface area contributed by atoms with Crippen molar-refractivity contribution in [1.82, 2.24) is 5.32 Å². The molecule has 0 bridgehead atoms. The van der Waals surface area contributed by atoms with Crippen LogP contribution in [-0.2, 0) is 16.0 Å². The van der Waals surface area contributed by atoms with Crippen LogP contribution < -0.4 is 5.32 Å². The summed E-state index contributed by atoms with van der Waals surface area (Å²) in [4.78, 5) is 21.7. The number of nitrogens with one attached hydrogen (secondary N) is 1. The number of carbonyl (C=O) groups is 2. The lowest BCUT2D eigenvalue weighted by Gasteiger charge is -2.01. The molecular weight excluding hydrogens is 202 g/mol. The molecular formula is C10H10ClNO2. The van der Waals surface area contributed by atoms with Crippen LogP contribution in [-0.4, -0.2) is 11.8 Å². The van der Waals surface area contributed by atoms with Gasteiger partial charge in [-0.3, -0.25) is 14.9 Å². The minimum absolute atomic E-state index is 0.191. The maximum atomic E-state index is 11.1. The molecule has 0 aromatic heterocycles. The first-order chi connectivity index (χ1) is 6.58. The molecule has 74 valence electrons. The lowest BCUT2D eigenvalue weighted by atomic mass is 10.1. The van der Waals surface area contributed by atoms with Crippen LogP contribution in [0.15, 0.2) is 24.3 Å². The molecule has 1 aromatic carbocycles. The molecule has 2 amide bonds. The van der Waals surface area contributed by atoms with E-state index in [-0.39, 0.29) is 18.2 Å². The predicted octanol–water partition coefficient (Wildman–Crippen LogP) is 1.55. The van der Waals surface area contributed by atoms with Gasteiger partial charge in [-0.15, -0.1) is 0 Å². The molecule has 1 rings (SSSR count). The molecule has 1 N–H and O–H groups in total. The Balaban J connectivity index is 2.56. The molecule has 0 aliphatic rings. The summed E-state index contributed by atoms with van der Waals surface area (Å²) in [7, 11) is 0. The molecule has 0 heterocycles. The van der Waals surface area contributed by atoms with Crippen molar-refractivity contribution in [3.05, 3.63) is 34.9 Å². The van der Waals surface area contributed by atoms with Crippen LogP contribution in [0.5, 0.6) is 0 Å². The predicted molar refractivity (Wildman–Crippen MR) is 54.0 cm³/mol. The average Bonchev–Trinajstić information content (AvgIpc) is 2.07. The highest BCUT2D eigenvalue weighted by molar-refractivity contribution is 6.30. The fraction of sp³-hybridized carbons (Fsp3) is 0.200. The summed E-state index contributed by atoms with van der Waals surface area (Å²) in [6.07, 6.45) is 0.191. The number of imide groups is 1. The van der Waals surface area contributed by atoms with E-state index in [0.29, 0.717) is 5.02 Å². The topological polar surface area (TPSA) is 46.2 Å². The quantitative estimate of drug-likeness (QED) is 0.807. The van der Waals surface area contributed by atoms with Crippen LogP contribution in [0.2, 0.25) is 5.02 Å². The first-order valence-corrected chi connectivity index (χ1v) is 4.50. The molecule has 0 saturated carbocycles. The third-order valence-electron chi connectivity index (χ3n) is 1.59. The van der Waals surface area contributed by atoms with Crippen LogP contribution in [0.25, 0.3) is 0 Å². The van der Waals surface area contributed by atoms with Crippen LogP contribution >= 0.6 is 11.6 Å². The minimum Gasteiger partial charge on any atom is -0.296 e. The zero-order valence-corrected chi connectivity index (χ0v) is 8.47. The Kier molecular flexibility index (Phi) is 3.65. The Morgan fingerprint density at radius 3 is 2.36 bits per heavy atom. The van der Waals surface area contributed by atoms with E-state index in [9.17, 15) is 9.59 Å². The summed E-state index contributed by atoms with van der Waals surface area (Å²) < 4.78 is 0. The second kappa shape index (κ2) is 4.77. The number of halogens is 1. The van der Waals surface area contributed by atoms with Gasteiger partial charge in [0.05, 0.1) is 6.42 Å². The average molecular weight is 212 g/mol. The zero-order chi connectivity index (χ0) is 10.6. The van der Waals surface area contributed by atoms with E-state index in [0.717, 1.165) is 5.56 Å². The number of rotatable bonds is 2. The highest BCUT2D eigenvalue weighted by Crippen LogP contribution is 2.09. The molecule has 4 heteroatoms. The molecule has 0 atom stereocenters. The minimum atomic E-state index is -0.344. The van der Waals surface area contributed by atoms with Crippen molar-refractivity contribution < 1.29 is 9.59 Å². The van der Waals surface area contributed by atoms with Gasteiger partial charge in [0, 0.05) is 11.9 Å². The monoisotopic (exact) mass is 211 g/mol. The molecule has 0 radical (unpaired) electrons. The van der Waals surface area contributed by atoms with Crippen molar-refractivity contribution in [2.75, 3.05) is 0 Å². The van der Waals surface area contributed by atoms with E-state index in [1.54, 1.807) is 24.3 Å². The van der Waals surface area contributed by atoms with Gasteiger partial charge in [0.25, 0.3) is 0 Å². The van der Waals surface area contributed by atoms with Gasteiger partial charge in [-0.1, -0.05) is 23.7 Å². The van der Waals surface area contributed by atoms with E-state index in [2.05, 4.69) is 5.32 Å². The maximum Gasteiger partial charge on any atom is 0.230 e. The summed E-state index contributed by atoms with van der Waals surface area (Å²) in [6.45, 7) is 1.31. The smallest absolute Gasteiger partial charge is 0.230 e. The highest BCUT2D eigenvalue weighted by atomic mass is 35.5. The summed E-state index contributed by atoms with van der Waals surface area (Å²) in [5, 5.41) is 2.82. The summed E-state index contributed by atoms with van der Waals surface area (Å²) in [5.41, 5.74) is 0.827. The molecule has 14 heavy (non-hydrogen) atoms. The molecule has 3 nitrogen and oxygen atoms in total. The first kappa shape index (κ1) is 10.7. The van der Waals surface area contributed by atoms with E-state index < -0.39 is 0 Å². The van der Waals surface area contributed by atoms with Gasteiger partial charge in [0.1, 0.15) is 0 Å². The Hall–Kier alpha value is -1.35. The third-order valence-corrected chi connectivity index (χ3v) is 1.85. The molecule has 0 spiro atoms. The van der Waals surface area contributed by atoms with E-state index >= 15 is 0 Å². The summed E-state index contributed by atoms with van der Waals surface area (Å²) >= 11 is 5.68. The summed E-state index contributed by atoms with van der Waals surface area (Å²) in [5.74, 6) is -0.649. The van der Waals surface area contributed by atoms with Crippen molar-refractivity contribution in [2.45, 2.75) is 13.3 Å². The standard InChI is InChI=1S/C10H10ClNO2/c1-7(13)12-10(14)6-8-2-4-9(11)5-3-8/h2-5H,6H2,1H3,(H,12,13,14). The number of carbonyl (C=O) groups excluding carboxylic acids is 2. The Bertz CT molecular complexity index is 346. The fourth-order valence-electron chi connectivity index (χ4n) is 1.03. The lowest BCUT2D eigenvalue weighted by Crippen LogP contribution is -2.29. The van der Waals surface area contributed by atoms with Gasteiger partial charge >= 0.3 is 0 Å². The summed E-state index contributed by atoms with van der Waals surface area (Å²) in [6, 6.07) is 6.92. The SMILES string of the molecule is CC(=O)NC(=O)Cc1ccc(Cl)cc1. The van der Waals surface area contributed by atoms with Crippen molar-refractivity contribution >= 4 is 23.4 Å². The lowest BCUT2D eigenvalue weighted by molar-refractivity contribution is -0.128. The van der Waals surface area contributed by atoms with E-state index in [1.807, 2.05) is 0 Å². The van der Waals surface area contributed by atoms with Gasteiger partial charge in [-0.05, 0) is 17.7 Å². The molecule has 0 unspecified atom stereocenters. The van der Waals surface area contributed by atoms with Crippen LogP contribution in [0.4, 0.5) is 0 Å². The zero-order valence-electron chi connectivity index (χ0n) is 7.71. The molecule has 0 aliphatic heterocycles. The molecule has 0 aliphatic carbocycles. The van der Waals surface area contributed by atoms with Crippen molar-refractivity contribution in [3.8, 4) is 0 Å². The Morgan fingerprint density at radius 2 is 1.86 bits per heavy atom. The fourth-order valence-corrected chi connectivity index (χ4v) is 1.15. The van der Waals surface area contributed by atoms with Gasteiger partial charge in [0.15, 0.2) is 0 Å². The number of amides is 2. The number of hydrogen-bond donors (Lipinski definition) is 1. The second-order valence-corrected chi connectivity index (χ2v) is 3.34. The van der Waals surface area contributed by atoms with Gasteiger partial charge < -0.3 is 0 Å². The number of hydrogen-bond acceptors (Lipinski definition) is 2. The van der Waals surface area contributed by atoms with E-state index in [4.69, 9.17) is 11.6 Å². The molecule has 0 saturated heterocycles. The van der Waals surface area contributed by atoms with Crippen molar-refractivity contribution in [2.24, 2.45) is 0 Å². The van der Waals surface area contributed by atoms with Gasteiger partial charge in [-0.2, -0.15) is 0 Å². The third kappa shape index (κ3) is 3.58. The van der Waals surface area contributed by atoms with Crippen LogP contribution in [0.1, 0.15) is 12.5 Å². The Morgan fingerprint density at radius 1 is 1.29 bits per heavy atom. The van der Waals surface area contributed by atoms with Crippen LogP contribution in [0.3, 0.4) is 0 Å². The maximum absolute atomic E-state index is 11.1. The van der Waals surface area contributed by atoms with Crippen LogP contribution in [0, 0.1) is 0 Å². The normalized spacial score (nSPS) is 9.57. The Labute approximate surface area is 87.1 Å². The van der Waals surface area contributed by atoms with Gasteiger partial charge in [0.2, 0.25) is 11.8 Å². The highest BCUT2D eigenvalue weighted by Gasteiger charge is 2.04. The van der Waals surface area contributed by atoms with E-state index in [1.165, 1.54) is 6.92 Å². The van der Waals surface area contributed by atoms with Crippen molar-refractivity contribution in [1.29, 1.82) is 0 Å². The number of benzene rings is 1. The molecule has 1 aromatic rings. The van der Waals surface area contributed by atoms with Gasteiger partial charge in [-0.25, -0.2) is 0 Å². The first-order valence-electron chi connectivity index (χ1n) is 4.13. The molecule has 0 fully saturated rings.